The first-order chi connectivity index (χ1) is 13.5. The minimum absolute atomic E-state index is 0.278. The molecule has 2 aromatic carbocycles. The Balaban J connectivity index is 1.72. The number of aromatic nitrogens is 1. The lowest BCUT2D eigenvalue weighted by Crippen LogP contribution is -2.31. The summed E-state index contributed by atoms with van der Waals surface area (Å²) in [4.78, 5) is 5.68. The lowest BCUT2D eigenvalue weighted by atomic mass is 10.2. The average Bonchev–Trinajstić information content (AvgIpc) is 2.69. The molecule has 0 fully saturated rings. The molecule has 0 aliphatic rings. The minimum atomic E-state index is 0.278. The maximum absolute atomic E-state index is 8.92. The van der Waals surface area contributed by atoms with Crippen LogP contribution in [-0.4, -0.2) is 17.1 Å². The zero-order valence-electron chi connectivity index (χ0n) is 14.9. The van der Waals surface area contributed by atoms with Crippen LogP contribution in [0.4, 0.5) is 17.1 Å². The maximum Gasteiger partial charge on any atom is 0.177 e. The number of pyridine rings is 1. The van der Waals surface area contributed by atoms with E-state index < -0.39 is 0 Å². The molecule has 0 bridgehead atoms. The van der Waals surface area contributed by atoms with E-state index in [4.69, 9.17) is 39.6 Å². The zero-order valence-corrected chi connectivity index (χ0v) is 16.5. The van der Waals surface area contributed by atoms with Crippen molar-refractivity contribution >= 4 is 46.0 Å². The summed E-state index contributed by atoms with van der Waals surface area (Å²) in [7, 11) is 1.82. The molecule has 3 N–H and O–H groups in total. The summed E-state index contributed by atoms with van der Waals surface area (Å²) < 4.78 is 5.75. The van der Waals surface area contributed by atoms with Gasteiger partial charge in [-0.25, -0.2) is 4.98 Å². The van der Waals surface area contributed by atoms with Crippen molar-refractivity contribution < 1.29 is 4.74 Å². The second kappa shape index (κ2) is 8.57. The van der Waals surface area contributed by atoms with E-state index >= 15 is 0 Å². The highest BCUT2D eigenvalue weighted by atomic mass is 35.5. The fraction of sp³-hybridized carbons (Fsp3) is 0.0500. The van der Waals surface area contributed by atoms with Gasteiger partial charge in [0.05, 0.1) is 11.4 Å². The Kier molecular flexibility index (Phi) is 5.94. The molecule has 0 spiro atoms. The lowest BCUT2D eigenvalue weighted by molar-refractivity contribution is 0.482. The van der Waals surface area contributed by atoms with Crippen molar-refractivity contribution in [1.82, 2.24) is 4.98 Å². The monoisotopic (exact) mass is 409 g/mol. The van der Waals surface area contributed by atoms with Crippen molar-refractivity contribution in [2.24, 2.45) is 0 Å². The highest BCUT2D eigenvalue weighted by molar-refractivity contribution is 7.80. The van der Waals surface area contributed by atoms with Gasteiger partial charge in [-0.2, -0.15) is 5.26 Å². The lowest BCUT2D eigenvalue weighted by Gasteiger charge is -2.23. The quantitative estimate of drug-likeness (QED) is 0.472. The molecule has 6 nitrogen and oxygen atoms in total. The number of hydrogen-bond acceptors (Lipinski definition) is 5. The number of rotatable bonds is 4. The molecule has 0 unspecified atom stereocenters. The number of nitrogens with two attached hydrogens (primary N) is 1. The summed E-state index contributed by atoms with van der Waals surface area (Å²) in [6.45, 7) is 0. The van der Waals surface area contributed by atoms with Crippen molar-refractivity contribution in [2.75, 3.05) is 23.0 Å². The highest BCUT2D eigenvalue weighted by Crippen LogP contribution is 2.30. The summed E-state index contributed by atoms with van der Waals surface area (Å²) in [5, 5.41) is 13.2. The van der Waals surface area contributed by atoms with E-state index in [0.717, 1.165) is 11.4 Å². The smallest absolute Gasteiger partial charge is 0.177 e. The molecule has 0 saturated carbocycles. The number of nitrogens with zero attached hydrogens (tertiary/aromatic N) is 3. The second-order valence-corrected chi connectivity index (χ2v) is 6.63. The number of anilines is 3. The first-order valence-corrected chi connectivity index (χ1v) is 8.98. The van der Waals surface area contributed by atoms with Crippen LogP contribution in [-0.2, 0) is 0 Å². The van der Waals surface area contributed by atoms with E-state index in [1.54, 1.807) is 41.3 Å². The van der Waals surface area contributed by atoms with Gasteiger partial charge in [0, 0.05) is 36.1 Å². The van der Waals surface area contributed by atoms with E-state index in [0.29, 0.717) is 27.3 Å². The van der Waals surface area contributed by atoms with Crippen LogP contribution in [0, 0.1) is 11.3 Å². The Labute approximate surface area is 173 Å². The Morgan fingerprint density at radius 1 is 1.18 bits per heavy atom. The topological polar surface area (TPSA) is 87.2 Å². The second-order valence-electron chi connectivity index (χ2n) is 5.81. The molecule has 0 amide bonds. The van der Waals surface area contributed by atoms with Gasteiger partial charge < -0.3 is 20.7 Å². The van der Waals surface area contributed by atoms with Crippen molar-refractivity contribution in [3.63, 3.8) is 0 Å². The summed E-state index contributed by atoms with van der Waals surface area (Å²) in [6.07, 6.45) is 1.51. The van der Waals surface area contributed by atoms with Crippen LogP contribution >= 0.6 is 23.8 Å². The minimum Gasteiger partial charge on any atom is -0.457 e. The predicted molar refractivity (Wildman–Crippen MR) is 116 cm³/mol. The third kappa shape index (κ3) is 4.68. The van der Waals surface area contributed by atoms with Crippen LogP contribution in [0.15, 0.2) is 60.8 Å². The van der Waals surface area contributed by atoms with Crippen LogP contribution in [0.2, 0.25) is 5.02 Å². The summed E-state index contributed by atoms with van der Waals surface area (Å²) in [6, 6.07) is 17.7. The number of thiocarbonyl (C=S) groups is 1. The van der Waals surface area contributed by atoms with Gasteiger partial charge in [0.15, 0.2) is 5.11 Å². The number of hydrogen-bond donors (Lipinski definition) is 2. The number of benzene rings is 2. The van der Waals surface area contributed by atoms with Crippen LogP contribution in [0.5, 0.6) is 11.5 Å². The number of nitrogen functional groups attached to an aromatic ring is 1. The normalized spacial score (nSPS) is 10.0. The van der Waals surface area contributed by atoms with Gasteiger partial charge in [-0.3, -0.25) is 0 Å². The van der Waals surface area contributed by atoms with E-state index in [1.807, 2.05) is 31.3 Å². The van der Waals surface area contributed by atoms with Crippen molar-refractivity contribution in [2.45, 2.75) is 0 Å². The molecule has 1 heterocycles. The van der Waals surface area contributed by atoms with Gasteiger partial charge in [-0.1, -0.05) is 11.6 Å². The average molecular weight is 410 g/mol. The van der Waals surface area contributed by atoms with Crippen LogP contribution < -0.4 is 20.7 Å². The largest absolute Gasteiger partial charge is 0.457 e. The Hall–Kier alpha value is -3.34. The molecular weight excluding hydrogens is 394 g/mol. The molecule has 1 aromatic heterocycles. The molecule has 0 saturated heterocycles. The van der Waals surface area contributed by atoms with Gasteiger partial charge in [0.25, 0.3) is 0 Å². The first kappa shape index (κ1) is 19.4. The maximum atomic E-state index is 8.92. The Morgan fingerprint density at radius 3 is 2.57 bits per heavy atom. The van der Waals surface area contributed by atoms with Crippen molar-refractivity contribution in [3.05, 3.63) is 71.5 Å². The molecule has 0 radical (unpaired) electrons. The van der Waals surface area contributed by atoms with Gasteiger partial charge in [0.1, 0.15) is 23.3 Å². The van der Waals surface area contributed by atoms with Crippen LogP contribution in [0.25, 0.3) is 0 Å². The number of nitrogens with one attached hydrogen (secondary N) is 1. The first-order valence-electron chi connectivity index (χ1n) is 8.20. The molecule has 0 atom stereocenters. The molecular formula is C20H16ClN5OS. The number of nitriles is 1. The molecule has 28 heavy (non-hydrogen) atoms. The summed E-state index contributed by atoms with van der Waals surface area (Å²) in [5.41, 5.74) is 8.52. The van der Waals surface area contributed by atoms with Gasteiger partial charge in [0.2, 0.25) is 0 Å². The number of ether oxygens (including phenoxy) is 1. The highest BCUT2D eigenvalue weighted by Gasteiger charge is 2.12. The zero-order chi connectivity index (χ0) is 20.1. The van der Waals surface area contributed by atoms with E-state index in [1.165, 1.54) is 6.20 Å². The fourth-order valence-electron chi connectivity index (χ4n) is 2.42. The van der Waals surface area contributed by atoms with Gasteiger partial charge in [-0.15, -0.1) is 0 Å². The SMILES string of the molecule is CN(C(=S)Nc1ccc(Cl)cc1)c1ccc(Oc2ccnc(C#N)c2)cc1N. The summed E-state index contributed by atoms with van der Waals surface area (Å²) in [5.74, 6) is 1.05. The van der Waals surface area contributed by atoms with E-state index in [2.05, 4.69) is 10.3 Å². The molecule has 0 aliphatic heterocycles. The standard InChI is InChI=1S/C20H16ClN5OS/c1-26(20(28)25-14-4-2-13(21)3-5-14)19-7-6-16(11-18(19)23)27-17-8-9-24-15(10-17)12-22/h2-11H,23H2,1H3,(H,25,28). The molecule has 3 aromatic rings. The molecule has 140 valence electrons. The Morgan fingerprint density at radius 2 is 1.89 bits per heavy atom. The Bertz CT molecular complexity index is 1050. The molecule has 0 aliphatic carbocycles. The van der Waals surface area contributed by atoms with Crippen LogP contribution in [0.3, 0.4) is 0 Å². The van der Waals surface area contributed by atoms with Crippen molar-refractivity contribution in [1.29, 1.82) is 5.26 Å². The molecule has 3 rings (SSSR count). The van der Waals surface area contributed by atoms with Crippen LogP contribution in [0.1, 0.15) is 5.69 Å². The van der Waals surface area contributed by atoms with Crippen molar-refractivity contribution in [3.8, 4) is 17.6 Å². The van der Waals surface area contributed by atoms with E-state index in [-0.39, 0.29) is 5.69 Å². The van der Waals surface area contributed by atoms with Gasteiger partial charge in [-0.05, 0) is 54.7 Å². The third-order valence-electron chi connectivity index (χ3n) is 3.84. The third-order valence-corrected chi connectivity index (χ3v) is 4.47. The fourth-order valence-corrected chi connectivity index (χ4v) is 2.77. The number of halogens is 1. The predicted octanol–water partition coefficient (Wildman–Crippen LogP) is 4.81. The van der Waals surface area contributed by atoms with E-state index in [9.17, 15) is 0 Å². The summed E-state index contributed by atoms with van der Waals surface area (Å²) >= 11 is 11.4. The molecule has 8 heteroatoms. The van der Waals surface area contributed by atoms with Gasteiger partial charge >= 0.3 is 0 Å².